The van der Waals surface area contributed by atoms with Gasteiger partial charge in [-0.15, -0.1) is 0 Å². The van der Waals surface area contributed by atoms with Gasteiger partial charge < -0.3 is 20.1 Å². The Morgan fingerprint density at radius 2 is 1.89 bits per heavy atom. The first kappa shape index (κ1) is 23.2. The van der Waals surface area contributed by atoms with Gasteiger partial charge in [-0.05, 0) is 55.5 Å². The fourth-order valence-corrected chi connectivity index (χ4v) is 4.16. The molecule has 0 unspecified atom stereocenters. The highest BCUT2D eigenvalue weighted by Crippen LogP contribution is 2.37. The zero-order chi connectivity index (χ0) is 25.1. The molecule has 0 fully saturated rings. The Balaban J connectivity index is 1.52. The van der Waals surface area contributed by atoms with E-state index in [1.54, 1.807) is 54.3 Å². The van der Waals surface area contributed by atoms with E-state index in [0.717, 1.165) is 11.3 Å². The number of fused-ring (bicyclic) bond motifs is 1. The minimum Gasteiger partial charge on any atom is -0.497 e. The van der Waals surface area contributed by atoms with Gasteiger partial charge in [0.2, 0.25) is 0 Å². The maximum atomic E-state index is 14.9. The summed E-state index contributed by atoms with van der Waals surface area (Å²) in [6, 6.07) is 20.7. The van der Waals surface area contributed by atoms with E-state index < -0.39 is 6.04 Å². The van der Waals surface area contributed by atoms with Crippen LogP contribution in [0.3, 0.4) is 0 Å². The number of nitrogens with one attached hydrogen (secondary N) is 2. The third-order valence-electron chi connectivity index (χ3n) is 5.91. The number of methoxy groups -OCH3 is 1. The molecule has 1 aromatic heterocycles. The molecular formula is C28H25FN4O3. The first-order valence-electron chi connectivity index (χ1n) is 11.6. The number of amides is 1. The number of allylic oxidation sites excluding steroid dienone is 1. The Hall–Kier alpha value is -4.59. The first-order valence-corrected chi connectivity index (χ1v) is 11.6. The van der Waals surface area contributed by atoms with Gasteiger partial charge in [-0.2, -0.15) is 5.10 Å². The van der Waals surface area contributed by atoms with Gasteiger partial charge >= 0.3 is 0 Å². The minimum absolute atomic E-state index is 0.332. The summed E-state index contributed by atoms with van der Waals surface area (Å²) >= 11 is 0. The van der Waals surface area contributed by atoms with E-state index in [4.69, 9.17) is 9.47 Å². The quantitative estimate of drug-likeness (QED) is 0.350. The Morgan fingerprint density at radius 3 is 2.64 bits per heavy atom. The van der Waals surface area contributed by atoms with Crippen molar-refractivity contribution in [3.05, 3.63) is 108 Å². The molecule has 0 spiro atoms. The topological polar surface area (TPSA) is 77.4 Å². The van der Waals surface area contributed by atoms with E-state index >= 15 is 0 Å². The highest BCUT2D eigenvalue weighted by Gasteiger charge is 2.29. The minimum atomic E-state index is -0.560. The summed E-state index contributed by atoms with van der Waals surface area (Å²) < 4.78 is 27.3. The van der Waals surface area contributed by atoms with Gasteiger partial charge in [0.1, 0.15) is 34.7 Å². The summed E-state index contributed by atoms with van der Waals surface area (Å²) in [5.74, 6) is 1.18. The molecule has 36 heavy (non-hydrogen) atoms. The van der Waals surface area contributed by atoms with Crippen LogP contribution in [0.5, 0.6) is 11.5 Å². The third-order valence-corrected chi connectivity index (χ3v) is 5.91. The van der Waals surface area contributed by atoms with Crippen molar-refractivity contribution in [3.8, 4) is 11.5 Å². The summed E-state index contributed by atoms with van der Waals surface area (Å²) in [7, 11) is 1.60. The van der Waals surface area contributed by atoms with Crippen LogP contribution in [0.1, 0.15) is 34.5 Å². The first-order chi connectivity index (χ1) is 17.6. The van der Waals surface area contributed by atoms with Crippen LogP contribution in [-0.2, 0) is 0 Å². The molecule has 2 N–H and O–H groups in total. The van der Waals surface area contributed by atoms with E-state index in [-0.39, 0.29) is 11.7 Å². The van der Waals surface area contributed by atoms with Crippen LogP contribution in [0.4, 0.5) is 15.9 Å². The summed E-state index contributed by atoms with van der Waals surface area (Å²) in [4.78, 5) is 13.3. The predicted molar refractivity (Wildman–Crippen MR) is 137 cm³/mol. The summed E-state index contributed by atoms with van der Waals surface area (Å²) in [5.41, 5.74) is 2.95. The lowest BCUT2D eigenvalue weighted by Gasteiger charge is -2.26. The molecule has 0 bridgehead atoms. The van der Waals surface area contributed by atoms with Crippen LogP contribution in [0.15, 0.2) is 85.1 Å². The van der Waals surface area contributed by atoms with Crippen molar-refractivity contribution in [3.63, 3.8) is 0 Å². The number of hydrogen-bond donors (Lipinski definition) is 2. The second kappa shape index (κ2) is 9.95. The molecule has 0 radical (unpaired) electrons. The standard InChI is InChI=1S/C28H25FN4O3/c1-3-36-20-13-11-19(12-14-20)31-28(34)23-17-30-33-26(22-9-4-5-10-24(22)29)16-25(32-27(23)33)18-7-6-8-21(15-18)35-2/h4-17,26,32H,3H2,1-2H3,(H,31,34)/t26-/m1/s1. The van der Waals surface area contributed by atoms with E-state index in [2.05, 4.69) is 15.7 Å². The lowest BCUT2D eigenvalue weighted by Crippen LogP contribution is -2.22. The number of nitrogens with zero attached hydrogens (tertiary/aromatic N) is 2. The zero-order valence-electron chi connectivity index (χ0n) is 19.9. The maximum Gasteiger partial charge on any atom is 0.261 e. The highest BCUT2D eigenvalue weighted by atomic mass is 19.1. The van der Waals surface area contributed by atoms with Gasteiger partial charge in [0.25, 0.3) is 5.91 Å². The molecule has 4 aromatic rings. The number of ether oxygens (including phenoxy) is 2. The van der Waals surface area contributed by atoms with Crippen LogP contribution in [0.2, 0.25) is 0 Å². The average Bonchev–Trinajstić information content (AvgIpc) is 3.34. The van der Waals surface area contributed by atoms with Crippen molar-refractivity contribution >= 4 is 23.1 Å². The molecule has 1 aliphatic rings. The SMILES string of the molecule is CCOc1ccc(NC(=O)c2cnn3c2NC(c2cccc(OC)c2)=C[C@@H]3c2ccccc2F)cc1. The third kappa shape index (κ3) is 4.53. The van der Waals surface area contributed by atoms with Crippen LogP contribution in [0, 0.1) is 5.82 Å². The number of anilines is 2. The number of carbonyl (C=O) groups is 1. The molecule has 0 aliphatic carbocycles. The van der Waals surface area contributed by atoms with Crippen LogP contribution in [-0.4, -0.2) is 29.4 Å². The molecule has 1 atom stereocenters. The summed E-state index contributed by atoms with van der Waals surface area (Å²) in [6.07, 6.45) is 3.38. The second-order valence-corrected chi connectivity index (χ2v) is 8.17. The average molecular weight is 485 g/mol. The van der Waals surface area contributed by atoms with Crippen LogP contribution >= 0.6 is 0 Å². The Morgan fingerprint density at radius 1 is 1.08 bits per heavy atom. The predicted octanol–water partition coefficient (Wildman–Crippen LogP) is 5.74. The number of benzene rings is 3. The van der Waals surface area contributed by atoms with Crippen molar-refractivity contribution in [2.45, 2.75) is 13.0 Å². The fraction of sp³-hybridized carbons (Fsp3) is 0.143. The second-order valence-electron chi connectivity index (χ2n) is 8.17. The molecule has 2 heterocycles. The molecule has 182 valence electrons. The number of carbonyl (C=O) groups excluding carboxylic acids is 1. The van der Waals surface area contributed by atoms with Crippen molar-refractivity contribution in [2.24, 2.45) is 0 Å². The monoisotopic (exact) mass is 484 g/mol. The van der Waals surface area contributed by atoms with E-state index in [9.17, 15) is 9.18 Å². The fourth-order valence-electron chi connectivity index (χ4n) is 4.16. The van der Waals surface area contributed by atoms with Gasteiger partial charge in [0.05, 0.1) is 19.9 Å². The van der Waals surface area contributed by atoms with Gasteiger partial charge in [0.15, 0.2) is 0 Å². The molecule has 0 saturated heterocycles. The van der Waals surface area contributed by atoms with E-state index in [0.29, 0.717) is 40.7 Å². The molecular weight excluding hydrogens is 459 g/mol. The van der Waals surface area contributed by atoms with Crippen LogP contribution in [0.25, 0.3) is 5.70 Å². The largest absolute Gasteiger partial charge is 0.497 e. The van der Waals surface area contributed by atoms with Crippen molar-refractivity contribution in [1.82, 2.24) is 9.78 Å². The number of rotatable bonds is 7. The smallest absolute Gasteiger partial charge is 0.261 e. The Bertz CT molecular complexity index is 1430. The zero-order valence-corrected chi connectivity index (χ0v) is 19.9. The summed E-state index contributed by atoms with van der Waals surface area (Å²) in [6.45, 7) is 2.47. The Kier molecular flexibility index (Phi) is 6.40. The van der Waals surface area contributed by atoms with Gasteiger partial charge in [-0.3, -0.25) is 4.79 Å². The number of hydrogen-bond acceptors (Lipinski definition) is 5. The lowest BCUT2D eigenvalue weighted by atomic mass is 10.0. The lowest BCUT2D eigenvalue weighted by molar-refractivity contribution is 0.102. The van der Waals surface area contributed by atoms with Crippen LogP contribution < -0.4 is 20.1 Å². The molecule has 7 nitrogen and oxygen atoms in total. The normalized spacial score (nSPS) is 14.3. The maximum absolute atomic E-state index is 14.9. The van der Waals surface area contributed by atoms with Crippen molar-refractivity contribution in [1.29, 1.82) is 0 Å². The highest BCUT2D eigenvalue weighted by molar-refractivity contribution is 6.08. The van der Waals surface area contributed by atoms with Gasteiger partial charge in [-0.1, -0.05) is 30.3 Å². The molecule has 5 rings (SSSR count). The van der Waals surface area contributed by atoms with Crippen molar-refractivity contribution in [2.75, 3.05) is 24.4 Å². The summed E-state index contributed by atoms with van der Waals surface area (Å²) in [5, 5.41) is 10.7. The molecule has 3 aromatic carbocycles. The molecule has 1 aliphatic heterocycles. The molecule has 8 heteroatoms. The number of aromatic nitrogens is 2. The van der Waals surface area contributed by atoms with Gasteiger partial charge in [-0.25, -0.2) is 9.07 Å². The van der Waals surface area contributed by atoms with E-state index in [1.165, 1.54) is 12.3 Å². The number of halogens is 1. The molecule has 1 amide bonds. The van der Waals surface area contributed by atoms with Gasteiger partial charge in [0, 0.05) is 22.5 Å². The molecule has 0 saturated carbocycles. The van der Waals surface area contributed by atoms with E-state index in [1.807, 2.05) is 37.3 Å². The van der Waals surface area contributed by atoms with Crippen molar-refractivity contribution < 1.29 is 18.7 Å². The Labute approximate surface area is 208 Å².